The van der Waals surface area contributed by atoms with Crippen molar-refractivity contribution in [2.45, 2.75) is 44.6 Å². The lowest BCUT2D eigenvalue weighted by molar-refractivity contribution is -0.143. The molecule has 0 unspecified atom stereocenters. The van der Waals surface area contributed by atoms with Gasteiger partial charge in [0, 0.05) is 13.1 Å². The van der Waals surface area contributed by atoms with Gasteiger partial charge in [0.2, 0.25) is 11.8 Å². The summed E-state index contributed by atoms with van der Waals surface area (Å²) in [6.45, 7) is 1.02. The van der Waals surface area contributed by atoms with Crippen molar-refractivity contribution < 1.29 is 9.59 Å². The first-order chi connectivity index (χ1) is 15.5. The van der Waals surface area contributed by atoms with Crippen LogP contribution in [0.1, 0.15) is 55.7 Å². The van der Waals surface area contributed by atoms with Crippen LogP contribution in [0.3, 0.4) is 0 Å². The molecule has 0 radical (unpaired) electrons. The van der Waals surface area contributed by atoms with E-state index in [-0.39, 0.29) is 23.8 Å². The van der Waals surface area contributed by atoms with Gasteiger partial charge in [-0.1, -0.05) is 73.5 Å². The molecular weight excluding hydrogens is 402 g/mol. The van der Waals surface area contributed by atoms with E-state index in [0.29, 0.717) is 25.9 Å². The van der Waals surface area contributed by atoms with Crippen LogP contribution in [0.15, 0.2) is 65.7 Å². The first-order valence-electron chi connectivity index (χ1n) is 11.3. The second kappa shape index (κ2) is 11.3. The minimum Gasteiger partial charge on any atom is -0.370 e. The summed E-state index contributed by atoms with van der Waals surface area (Å²) >= 11 is 0. The number of carbonyl (C=O) groups excluding carboxylic acids is 2. The molecule has 1 fully saturated rings. The molecule has 7 nitrogen and oxygen atoms in total. The molecule has 2 aromatic carbocycles. The standard InChI is InChI=1S/C25H33N5O2/c26-24(27)29-18-10-9-17-28-22(31)25(15-7-8-16-25)23(32)30-21(19-11-3-1-4-12-19)20-13-5-2-6-14-20/h1-6,11-14,21H,7-10,15-18H2,(H,28,31)(H,30,32)(H4,26,27,29). The molecule has 32 heavy (non-hydrogen) atoms. The topological polar surface area (TPSA) is 123 Å². The van der Waals surface area contributed by atoms with Crippen molar-refractivity contribution in [3.63, 3.8) is 0 Å². The van der Waals surface area contributed by atoms with Gasteiger partial charge in [-0.3, -0.25) is 14.6 Å². The number of unbranched alkanes of at least 4 members (excludes halogenated alkanes) is 1. The van der Waals surface area contributed by atoms with Crippen LogP contribution in [0.4, 0.5) is 0 Å². The molecule has 0 spiro atoms. The molecule has 7 heteroatoms. The lowest BCUT2D eigenvalue weighted by Crippen LogP contribution is -2.51. The van der Waals surface area contributed by atoms with Gasteiger partial charge in [-0.05, 0) is 36.8 Å². The Morgan fingerprint density at radius 3 is 1.97 bits per heavy atom. The number of aliphatic imine (C=N–C) groups is 1. The van der Waals surface area contributed by atoms with Crippen LogP contribution in [0.25, 0.3) is 0 Å². The minimum absolute atomic E-state index is 0.0713. The van der Waals surface area contributed by atoms with E-state index >= 15 is 0 Å². The second-order valence-electron chi connectivity index (χ2n) is 8.29. The highest BCUT2D eigenvalue weighted by Crippen LogP contribution is 2.39. The van der Waals surface area contributed by atoms with Crippen molar-refractivity contribution in [3.8, 4) is 0 Å². The van der Waals surface area contributed by atoms with E-state index in [2.05, 4.69) is 15.6 Å². The SMILES string of the molecule is NC(N)=NCCCCNC(=O)C1(C(=O)NC(c2ccccc2)c2ccccc2)CCCC1. The smallest absolute Gasteiger partial charge is 0.236 e. The highest BCUT2D eigenvalue weighted by molar-refractivity contribution is 6.05. The first kappa shape index (κ1) is 23.3. The molecule has 2 amide bonds. The van der Waals surface area contributed by atoms with Gasteiger partial charge in [-0.2, -0.15) is 0 Å². The third-order valence-corrected chi connectivity index (χ3v) is 6.03. The fourth-order valence-corrected chi connectivity index (χ4v) is 4.27. The van der Waals surface area contributed by atoms with Crippen molar-refractivity contribution in [3.05, 3.63) is 71.8 Å². The third kappa shape index (κ3) is 5.87. The van der Waals surface area contributed by atoms with E-state index in [1.165, 1.54) is 0 Å². The van der Waals surface area contributed by atoms with Crippen LogP contribution >= 0.6 is 0 Å². The summed E-state index contributed by atoms with van der Waals surface area (Å²) in [5.41, 5.74) is 11.6. The predicted molar refractivity (Wildman–Crippen MR) is 127 cm³/mol. The van der Waals surface area contributed by atoms with Crippen LogP contribution < -0.4 is 22.1 Å². The van der Waals surface area contributed by atoms with Gasteiger partial charge >= 0.3 is 0 Å². The molecule has 0 saturated heterocycles. The van der Waals surface area contributed by atoms with E-state index < -0.39 is 5.41 Å². The summed E-state index contributed by atoms with van der Waals surface area (Å²) in [6, 6.07) is 19.4. The summed E-state index contributed by atoms with van der Waals surface area (Å²) in [5, 5.41) is 6.17. The average molecular weight is 436 g/mol. The summed E-state index contributed by atoms with van der Waals surface area (Å²) in [4.78, 5) is 30.7. The van der Waals surface area contributed by atoms with Crippen LogP contribution in [-0.2, 0) is 9.59 Å². The van der Waals surface area contributed by atoms with Crippen molar-refractivity contribution in [2.24, 2.45) is 21.9 Å². The molecule has 0 atom stereocenters. The normalized spacial score (nSPS) is 14.7. The van der Waals surface area contributed by atoms with Crippen LogP contribution in [0.2, 0.25) is 0 Å². The highest BCUT2D eigenvalue weighted by Gasteiger charge is 2.48. The zero-order chi connectivity index (χ0) is 22.8. The van der Waals surface area contributed by atoms with Gasteiger partial charge in [0.1, 0.15) is 5.41 Å². The summed E-state index contributed by atoms with van der Waals surface area (Å²) in [5.74, 6) is -0.318. The lowest BCUT2D eigenvalue weighted by Gasteiger charge is -2.30. The number of nitrogens with zero attached hydrogens (tertiary/aromatic N) is 1. The summed E-state index contributed by atoms with van der Waals surface area (Å²) in [7, 11) is 0. The fourth-order valence-electron chi connectivity index (χ4n) is 4.27. The van der Waals surface area contributed by atoms with E-state index in [1.54, 1.807) is 0 Å². The van der Waals surface area contributed by atoms with Crippen molar-refractivity contribution >= 4 is 17.8 Å². The van der Waals surface area contributed by atoms with E-state index in [4.69, 9.17) is 11.5 Å². The number of carbonyl (C=O) groups is 2. The minimum atomic E-state index is -1.03. The number of nitrogens with one attached hydrogen (secondary N) is 2. The quantitative estimate of drug-likeness (QED) is 0.198. The average Bonchev–Trinajstić information content (AvgIpc) is 3.32. The van der Waals surface area contributed by atoms with E-state index in [9.17, 15) is 9.59 Å². The Kier molecular flexibility index (Phi) is 8.25. The maximum atomic E-state index is 13.6. The highest BCUT2D eigenvalue weighted by atomic mass is 16.2. The van der Waals surface area contributed by atoms with Crippen LogP contribution in [0, 0.1) is 5.41 Å². The van der Waals surface area contributed by atoms with Crippen molar-refractivity contribution in [1.82, 2.24) is 10.6 Å². The van der Waals surface area contributed by atoms with Gasteiger partial charge in [-0.15, -0.1) is 0 Å². The van der Waals surface area contributed by atoms with Gasteiger partial charge < -0.3 is 22.1 Å². The first-order valence-corrected chi connectivity index (χ1v) is 11.3. The largest absolute Gasteiger partial charge is 0.370 e. The molecule has 3 rings (SSSR count). The molecule has 2 aromatic rings. The second-order valence-corrected chi connectivity index (χ2v) is 8.29. The zero-order valence-corrected chi connectivity index (χ0v) is 18.4. The van der Waals surface area contributed by atoms with Gasteiger partial charge in [0.05, 0.1) is 6.04 Å². The number of benzene rings is 2. The molecular formula is C25H33N5O2. The molecule has 6 N–H and O–H groups in total. The number of rotatable bonds is 10. The maximum Gasteiger partial charge on any atom is 0.236 e. The Morgan fingerprint density at radius 1 is 0.875 bits per heavy atom. The molecule has 1 aliphatic carbocycles. The Labute approximate surface area is 189 Å². The number of guanidine groups is 1. The zero-order valence-electron chi connectivity index (χ0n) is 18.4. The number of hydrogen-bond donors (Lipinski definition) is 4. The molecule has 0 aliphatic heterocycles. The number of hydrogen-bond acceptors (Lipinski definition) is 3. The molecule has 0 heterocycles. The maximum absolute atomic E-state index is 13.6. The Morgan fingerprint density at radius 2 is 1.44 bits per heavy atom. The van der Waals surface area contributed by atoms with E-state index in [0.717, 1.165) is 36.8 Å². The molecule has 0 bridgehead atoms. The van der Waals surface area contributed by atoms with Crippen molar-refractivity contribution in [1.29, 1.82) is 0 Å². The number of amides is 2. The van der Waals surface area contributed by atoms with Gasteiger partial charge in [-0.25, -0.2) is 0 Å². The molecule has 1 saturated carbocycles. The van der Waals surface area contributed by atoms with Crippen LogP contribution in [-0.4, -0.2) is 30.9 Å². The number of nitrogens with two attached hydrogens (primary N) is 2. The Balaban J connectivity index is 1.70. The monoisotopic (exact) mass is 435 g/mol. The summed E-state index contributed by atoms with van der Waals surface area (Å²) < 4.78 is 0. The molecule has 170 valence electrons. The lowest BCUT2D eigenvalue weighted by atomic mass is 9.83. The van der Waals surface area contributed by atoms with Crippen molar-refractivity contribution in [2.75, 3.05) is 13.1 Å². The predicted octanol–water partition coefficient (Wildman–Crippen LogP) is 2.62. The van der Waals surface area contributed by atoms with Gasteiger partial charge in [0.15, 0.2) is 5.96 Å². The van der Waals surface area contributed by atoms with Gasteiger partial charge in [0.25, 0.3) is 0 Å². The Bertz CT molecular complexity index is 865. The Hall–Kier alpha value is -3.35. The molecule has 1 aliphatic rings. The third-order valence-electron chi connectivity index (χ3n) is 6.03. The molecule has 0 aromatic heterocycles. The fraction of sp³-hybridized carbons (Fsp3) is 0.400. The van der Waals surface area contributed by atoms with E-state index in [1.807, 2.05) is 60.7 Å². The summed E-state index contributed by atoms with van der Waals surface area (Å²) in [6.07, 6.45) is 4.38. The van der Waals surface area contributed by atoms with Crippen LogP contribution in [0.5, 0.6) is 0 Å².